The van der Waals surface area contributed by atoms with Crippen molar-refractivity contribution in [3.8, 4) is 0 Å². The molecule has 0 aliphatic carbocycles. The lowest BCUT2D eigenvalue weighted by molar-refractivity contribution is 0.105. The van der Waals surface area contributed by atoms with E-state index >= 15 is 0 Å². The first-order valence-electron chi connectivity index (χ1n) is 2.71. The lowest BCUT2D eigenvalue weighted by atomic mass is 10.9. The molecule has 0 bridgehead atoms. The van der Waals surface area contributed by atoms with Gasteiger partial charge in [-0.1, -0.05) is 0 Å². The van der Waals surface area contributed by atoms with Crippen LogP contribution < -0.4 is 5.40 Å². The minimum absolute atomic E-state index is 0.518. The Morgan fingerprint density at radius 1 is 1.33 bits per heavy atom. The summed E-state index contributed by atoms with van der Waals surface area (Å²) < 4.78 is 14.6. The zero-order valence-electron chi connectivity index (χ0n) is 6.01. The van der Waals surface area contributed by atoms with E-state index in [1.165, 1.54) is 14.2 Å². The molecule has 0 aromatic carbocycles. The Kier molecular flexibility index (Phi) is 3.99. The predicted molar refractivity (Wildman–Crippen MR) is 35.6 cm³/mol. The summed E-state index contributed by atoms with van der Waals surface area (Å²) in [6.45, 7) is 2.36. The summed E-state index contributed by atoms with van der Waals surface area (Å²) in [5.74, 6) is 0. The van der Waals surface area contributed by atoms with Gasteiger partial charge in [-0.15, -0.1) is 0 Å². The van der Waals surface area contributed by atoms with Crippen molar-refractivity contribution in [2.75, 3.05) is 20.8 Å². The molecule has 9 heavy (non-hydrogen) atoms. The minimum atomic E-state index is -2.70. The molecular formula is C4H13NO3Si. The normalized spacial score (nSPS) is 12.0. The van der Waals surface area contributed by atoms with Crippen LogP contribution in [0.15, 0.2) is 0 Å². The molecule has 0 heterocycles. The van der Waals surface area contributed by atoms with Crippen molar-refractivity contribution in [3.63, 3.8) is 0 Å². The molecule has 56 valence electrons. The average Bonchev–Trinajstić information content (AvgIpc) is 1.89. The standard InChI is InChI=1S/C4H13NO3Si/c1-4-8-9(5,6-2)7-3/h4-5H2,1-3H3. The first-order chi connectivity index (χ1) is 4.18. The highest BCUT2D eigenvalue weighted by atomic mass is 28.4. The Morgan fingerprint density at radius 3 is 1.89 bits per heavy atom. The number of nitrogens with two attached hydrogens (primary N) is 1. The van der Waals surface area contributed by atoms with Gasteiger partial charge in [0.2, 0.25) is 0 Å². The van der Waals surface area contributed by atoms with Gasteiger partial charge in [0, 0.05) is 20.8 Å². The molecule has 0 spiro atoms. The van der Waals surface area contributed by atoms with Crippen LogP contribution in [0.25, 0.3) is 0 Å². The van der Waals surface area contributed by atoms with Crippen LogP contribution in [-0.4, -0.2) is 29.8 Å². The molecule has 0 aromatic heterocycles. The molecule has 5 heteroatoms. The maximum Gasteiger partial charge on any atom is 0.593 e. The molecule has 0 atom stereocenters. The summed E-state index contributed by atoms with van der Waals surface area (Å²) in [4.78, 5) is 0. The summed E-state index contributed by atoms with van der Waals surface area (Å²) in [6, 6.07) is 0. The molecule has 2 N–H and O–H groups in total. The highest BCUT2D eigenvalue weighted by Gasteiger charge is 2.33. The quantitative estimate of drug-likeness (QED) is 0.561. The number of hydrogen-bond acceptors (Lipinski definition) is 4. The second kappa shape index (κ2) is 3.97. The largest absolute Gasteiger partial charge is 0.593 e. The fourth-order valence-electron chi connectivity index (χ4n) is 0.402. The second-order valence-electron chi connectivity index (χ2n) is 1.44. The molecule has 0 aliphatic heterocycles. The predicted octanol–water partition coefficient (Wildman–Crippen LogP) is -0.290. The van der Waals surface area contributed by atoms with E-state index in [0.717, 1.165) is 0 Å². The van der Waals surface area contributed by atoms with Gasteiger partial charge in [-0.05, 0) is 6.92 Å². The van der Waals surface area contributed by atoms with Gasteiger partial charge >= 0.3 is 8.97 Å². The molecule has 0 fully saturated rings. The smallest absolute Gasteiger partial charge is 0.365 e. The summed E-state index contributed by atoms with van der Waals surface area (Å²) in [7, 11) is 0.258. The highest BCUT2D eigenvalue weighted by molar-refractivity contribution is 6.56. The average molecular weight is 151 g/mol. The maximum absolute atomic E-state index is 5.48. The van der Waals surface area contributed by atoms with E-state index in [2.05, 4.69) is 0 Å². The summed E-state index contributed by atoms with van der Waals surface area (Å²) in [6.07, 6.45) is 0. The zero-order chi connectivity index (χ0) is 7.33. The number of rotatable bonds is 4. The summed E-state index contributed by atoms with van der Waals surface area (Å²) >= 11 is 0. The highest BCUT2D eigenvalue weighted by Crippen LogP contribution is 1.96. The van der Waals surface area contributed by atoms with Gasteiger partial charge in [0.1, 0.15) is 0 Å². The lowest BCUT2D eigenvalue weighted by Crippen LogP contribution is -2.53. The molecule has 0 aliphatic rings. The first kappa shape index (κ1) is 9.06. The van der Waals surface area contributed by atoms with Crippen LogP contribution in [0.3, 0.4) is 0 Å². The Hall–Kier alpha value is 0.0569. The molecule has 0 saturated carbocycles. The van der Waals surface area contributed by atoms with Crippen molar-refractivity contribution in [2.45, 2.75) is 6.92 Å². The van der Waals surface area contributed by atoms with Gasteiger partial charge < -0.3 is 13.3 Å². The SMILES string of the molecule is CCO[Si](N)(OC)OC. The molecule has 0 unspecified atom stereocenters. The Bertz CT molecular complexity index is 76.2. The molecule has 0 radical (unpaired) electrons. The van der Waals surface area contributed by atoms with E-state index in [4.69, 9.17) is 18.7 Å². The van der Waals surface area contributed by atoms with Crippen molar-refractivity contribution < 1.29 is 13.3 Å². The fraction of sp³-hybridized carbons (Fsp3) is 1.00. The van der Waals surface area contributed by atoms with Gasteiger partial charge in [0.15, 0.2) is 0 Å². The Morgan fingerprint density at radius 2 is 1.78 bits per heavy atom. The van der Waals surface area contributed by atoms with Crippen LogP contribution in [0, 0.1) is 0 Å². The fourth-order valence-corrected chi connectivity index (χ4v) is 1.21. The minimum Gasteiger partial charge on any atom is -0.365 e. The Labute approximate surface area is 56.3 Å². The molecule has 0 rings (SSSR count). The van der Waals surface area contributed by atoms with Crippen molar-refractivity contribution in [2.24, 2.45) is 5.40 Å². The van der Waals surface area contributed by atoms with Crippen molar-refractivity contribution in [1.82, 2.24) is 0 Å². The van der Waals surface area contributed by atoms with Crippen molar-refractivity contribution >= 4 is 8.97 Å². The lowest BCUT2D eigenvalue weighted by Gasteiger charge is -2.19. The van der Waals surface area contributed by atoms with E-state index < -0.39 is 8.97 Å². The third-order valence-electron chi connectivity index (χ3n) is 0.915. The van der Waals surface area contributed by atoms with Gasteiger partial charge in [0.05, 0.1) is 0 Å². The molecular weight excluding hydrogens is 138 g/mol. The third-order valence-corrected chi connectivity index (χ3v) is 2.74. The van der Waals surface area contributed by atoms with Crippen molar-refractivity contribution in [3.05, 3.63) is 0 Å². The third kappa shape index (κ3) is 2.92. The summed E-state index contributed by atoms with van der Waals surface area (Å²) in [5.41, 5.74) is 0. The van der Waals surface area contributed by atoms with Gasteiger partial charge in [0.25, 0.3) is 0 Å². The van der Waals surface area contributed by atoms with E-state index in [1.54, 1.807) is 0 Å². The molecule has 4 nitrogen and oxygen atoms in total. The van der Waals surface area contributed by atoms with Crippen LogP contribution >= 0.6 is 0 Å². The van der Waals surface area contributed by atoms with E-state index in [-0.39, 0.29) is 0 Å². The van der Waals surface area contributed by atoms with E-state index in [0.29, 0.717) is 6.61 Å². The Balaban J connectivity index is 3.62. The van der Waals surface area contributed by atoms with Crippen LogP contribution in [0.5, 0.6) is 0 Å². The van der Waals surface area contributed by atoms with Gasteiger partial charge in [-0.2, -0.15) is 0 Å². The number of hydrogen-bond donors (Lipinski definition) is 1. The molecule has 0 aromatic rings. The van der Waals surface area contributed by atoms with Crippen LogP contribution in [-0.2, 0) is 13.3 Å². The topological polar surface area (TPSA) is 53.7 Å². The van der Waals surface area contributed by atoms with Crippen LogP contribution in [0.1, 0.15) is 6.92 Å². The monoisotopic (exact) mass is 151 g/mol. The van der Waals surface area contributed by atoms with Crippen molar-refractivity contribution in [1.29, 1.82) is 0 Å². The zero-order valence-corrected chi connectivity index (χ0v) is 7.01. The molecule has 0 saturated heterocycles. The molecule has 0 amide bonds. The maximum atomic E-state index is 5.48. The first-order valence-corrected chi connectivity index (χ1v) is 4.52. The van der Waals surface area contributed by atoms with Gasteiger partial charge in [-0.3, -0.25) is 5.40 Å². The van der Waals surface area contributed by atoms with Gasteiger partial charge in [-0.25, -0.2) is 0 Å². The van der Waals surface area contributed by atoms with E-state index in [1.807, 2.05) is 6.92 Å². The van der Waals surface area contributed by atoms with Crippen LogP contribution in [0.4, 0.5) is 0 Å². The summed E-state index contributed by atoms with van der Waals surface area (Å²) in [5, 5.41) is 5.48. The van der Waals surface area contributed by atoms with Crippen LogP contribution in [0.2, 0.25) is 0 Å². The second-order valence-corrected chi connectivity index (χ2v) is 3.76. The van der Waals surface area contributed by atoms with E-state index in [9.17, 15) is 0 Å².